The van der Waals surface area contributed by atoms with Gasteiger partial charge in [-0.25, -0.2) is 13.1 Å². The summed E-state index contributed by atoms with van der Waals surface area (Å²) in [7, 11) is -3.61. The van der Waals surface area contributed by atoms with Crippen molar-refractivity contribution < 1.29 is 12.9 Å². The molecule has 0 aliphatic rings. The minimum Gasteiger partial charge on any atom is -0.340 e. The highest BCUT2D eigenvalue weighted by molar-refractivity contribution is 7.89. The van der Waals surface area contributed by atoms with E-state index in [1.165, 1.54) is 24.5 Å². The highest BCUT2D eigenvalue weighted by Gasteiger charge is 2.15. The van der Waals surface area contributed by atoms with Gasteiger partial charge in [-0.05, 0) is 30.7 Å². The van der Waals surface area contributed by atoms with Crippen molar-refractivity contribution in [2.45, 2.75) is 18.2 Å². The Bertz CT molecular complexity index is 733. The van der Waals surface area contributed by atoms with Crippen molar-refractivity contribution in [1.29, 1.82) is 5.26 Å². The van der Waals surface area contributed by atoms with Crippen LogP contribution in [0.1, 0.15) is 17.0 Å². The van der Waals surface area contributed by atoms with Crippen molar-refractivity contribution in [3.8, 4) is 6.07 Å². The maximum atomic E-state index is 12.1. The molecule has 1 aromatic heterocycles. The molecule has 1 heterocycles. The molecule has 2 aromatic rings. The number of aromatic nitrogens is 2. The van der Waals surface area contributed by atoms with Crippen molar-refractivity contribution in [3.63, 3.8) is 0 Å². The normalized spacial score (nSPS) is 11.2. The Balaban J connectivity index is 2.06. The van der Waals surface area contributed by atoms with E-state index in [0.29, 0.717) is 23.4 Å². The van der Waals surface area contributed by atoms with Crippen molar-refractivity contribution in [2.75, 3.05) is 6.54 Å². The van der Waals surface area contributed by atoms with Crippen LogP contribution in [0.15, 0.2) is 33.9 Å². The molecule has 7 nitrogen and oxygen atoms in total. The summed E-state index contributed by atoms with van der Waals surface area (Å²) in [5.74, 6) is 0.365. The van der Waals surface area contributed by atoms with Gasteiger partial charge in [-0.15, -0.1) is 0 Å². The van der Waals surface area contributed by atoms with Crippen LogP contribution < -0.4 is 4.72 Å². The van der Waals surface area contributed by atoms with Gasteiger partial charge < -0.3 is 4.52 Å². The van der Waals surface area contributed by atoms with Crippen molar-refractivity contribution in [3.05, 3.63) is 41.5 Å². The number of rotatable bonds is 5. The Labute approximate surface area is 116 Å². The molecule has 0 amide bonds. The van der Waals surface area contributed by atoms with Crippen LogP contribution >= 0.6 is 0 Å². The lowest BCUT2D eigenvalue weighted by Gasteiger charge is -2.07. The monoisotopic (exact) mass is 292 g/mol. The fourth-order valence-electron chi connectivity index (χ4n) is 1.61. The smallest absolute Gasteiger partial charge is 0.240 e. The number of nitrogens with zero attached hydrogens (tertiary/aromatic N) is 3. The highest BCUT2D eigenvalue weighted by Crippen LogP contribution is 2.14. The van der Waals surface area contributed by atoms with Gasteiger partial charge in [-0.1, -0.05) is 5.16 Å². The van der Waals surface area contributed by atoms with Crippen LogP contribution in [0.3, 0.4) is 0 Å². The predicted molar refractivity (Wildman–Crippen MR) is 69.1 cm³/mol. The zero-order chi connectivity index (χ0) is 14.6. The molecule has 0 aliphatic carbocycles. The Kier molecular flexibility index (Phi) is 4.12. The zero-order valence-electron chi connectivity index (χ0n) is 10.7. The van der Waals surface area contributed by atoms with E-state index in [4.69, 9.17) is 9.78 Å². The standard InChI is InChI=1S/C12H12N4O3S/c1-9-6-11(3-2-10(9)7-13)20(17,18)16-5-4-12-14-8-15-19-12/h2-3,6,8,16H,4-5H2,1H3. The quantitative estimate of drug-likeness (QED) is 0.871. The van der Waals surface area contributed by atoms with Crippen molar-refractivity contribution in [1.82, 2.24) is 14.9 Å². The molecule has 0 radical (unpaired) electrons. The Morgan fingerprint density at radius 2 is 2.25 bits per heavy atom. The van der Waals surface area contributed by atoms with Gasteiger partial charge >= 0.3 is 0 Å². The van der Waals surface area contributed by atoms with E-state index in [1.54, 1.807) is 6.92 Å². The lowest BCUT2D eigenvalue weighted by Crippen LogP contribution is -2.26. The molecule has 20 heavy (non-hydrogen) atoms. The molecule has 0 aliphatic heterocycles. The summed E-state index contributed by atoms with van der Waals surface area (Å²) in [6.07, 6.45) is 1.57. The summed E-state index contributed by atoms with van der Waals surface area (Å²) in [6.45, 7) is 1.85. The first-order valence-electron chi connectivity index (χ1n) is 5.79. The van der Waals surface area contributed by atoms with Gasteiger partial charge in [-0.2, -0.15) is 10.2 Å². The van der Waals surface area contributed by atoms with E-state index >= 15 is 0 Å². The third-order valence-corrected chi connectivity index (χ3v) is 4.13. The van der Waals surface area contributed by atoms with E-state index in [1.807, 2.05) is 6.07 Å². The number of hydrogen-bond acceptors (Lipinski definition) is 6. The van der Waals surface area contributed by atoms with E-state index in [-0.39, 0.29) is 11.4 Å². The first-order valence-corrected chi connectivity index (χ1v) is 7.27. The molecule has 0 unspecified atom stereocenters. The van der Waals surface area contributed by atoms with Crippen molar-refractivity contribution in [2.24, 2.45) is 0 Å². The largest absolute Gasteiger partial charge is 0.340 e. The third kappa shape index (κ3) is 3.20. The minimum absolute atomic E-state index is 0.125. The van der Waals surface area contributed by atoms with E-state index in [9.17, 15) is 8.42 Å². The SMILES string of the molecule is Cc1cc(S(=O)(=O)NCCc2ncno2)ccc1C#N. The van der Waals surface area contributed by atoms with E-state index < -0.39 is 10.0 Å². The van der Waals surface area contributed by atoms with Crippen LogP contribution in [0.25, 0.3) is 0 Å². The molecule has 0 atom stereocenters. The molecule has 0 fully saturated rings. The topological polar surface area (TPSA) is 109 Å². The molecule has 1 aromatic carbocycles. The molecule has 0 saturated carbocycles. The number of benzene rings is 1. The third-order valence-electron chi connectivity index (χ3n) is 2.67. The summed E-state index contributed by atoms with van der Waals surface area (Å²) in [4.78, 5) is 3.92. The van der Waals surface area contributed by atoms with Gasteiger partial charge in [0.15, 0.2) is 6.33 Å². The first-order chi connectivity index (χ1) is 9.53. The minimum atomic E-state index is -3.61. The Morgan fingerprint density at radius 1 is 1.45 bits per heavy atom. The van der Waals surface area contributed by atoms with Crippen LogP contribution in [-0.4, -0.2) is 25.1 Å². The Hall–Kier alpha value is -2.24. The fourth-order valence-corrected chi connectivity index (χ4v) is 2.73. The summed E-state index contributed by atoms with van der Waals surface area (Å²) in [6, 6.07) is 6.35. The molecule has 0 saturated heterocycles. The summed E-state index contributed by atoms with van der Waals surface area (Å²) >= 11 is 0. The molecular weight excluding hydrogens is 280 g/mol. The van der Waals surface area contributed by atoms with Gasteiger partial charge in [0.2, 0.25) is 15.9 Å². The van der Waals surface area contributed by atoms with Gasteiger partial charge in [0.25, 0.3) is 0 Å². The molecule has 8 heteroatoms. The Morgan fingerprint density at radius 3 is 2.85 bits per heavy atom. The molecular formula is C12H12N4O3S. The number of hydrogen-bond donors (Lipinski definition) is 1. The average Bonchev–Trinajstić information content (AvgIpc) is 2.91. The van der Waals surface area contributed by atoms with Crippen LogP contribution in [0.2, 0.25) is 0 Å². The number of nitriles is 1. The van der Waals surface area contributed by atoms with Gasteiger partial charge in [-0.3, -0.25) is 0 Å². The molecule has 0 spiro atoms. The second-order valence-corrected chi connectivity index (χ2v) is 5.84. The highest BCUT2D eigenvalue weighted by atomic mass is 32.2. The van der Waals surface area contributed by atoms with Gasteiger partial charge in [0, 0.05) is 13.0 Å². The summed E-state index contributed by atoms with van der Waals surface area (Å²) in [5, 5.41) is 12.3. The van der Waals surface area contributed by atoms with Crippen molar-refractivity contribution >= 4 is 10.0 Å². The number of nitrogens with one attached hydrogen (secondary N) is 1. The lowest BCUT2D eigenvalue weighted by atomic mass is 10.1. The van der Waals surface area contributed by atoms with Crippen LogP contribution in [0.4, 0.5) is 0 Å². The fraction of sp³-hybridized carbons (Fsp3) is 0.250. The number of sulfonamides is 1. The lowest BCUT2D eigenvalue weighted by molar-refractivity contribution is 0.377. The second kappa shape index (κ2) is 5.81. The van der Waals surface area contributed by atoms with E-state index in [0.717, 1.165) is 0 Å². The molecule has 2 rings (SSSR count). The van der Waals surface area contributed by atoms with Crippen LogP contribution in [0.5, 0.6) is 0 Å². The summed E-state index contributed by atoms with van der Waals surface area (Å²) in [5.41, 5.74) is 1.07. The maximum Gasteiger partial charge on any atom is 0.240 e. The van der Waals surface area contributed by atoms with Crippen LogP contribution in [-0.2, 0) is 16.4 Å². The maximum absolute atomic E-state index is 12.1. The molecule has 1 N–H and O–H groups in total. The average molecular weight is 292 g/mol. The van der Waals surface area contributed by atoms with E-state index in [2.05, 4.69) is 14.9 Å². The zero-order valence-corrected chi connectivity index (χ0v) is 11.5. The molecule has 104 valence electrons. The van der Waals surface area contributed by atoms with Gasteiger partial charge in [0.1, 0.15) is 0 Å². The first kappa shape index (κ1) is 14.2. The molecule has 0 bridgehead atoms. The summed E-state index contributed by atoms with van der Waals surface area (Å²) < 4.78 is 31.3. The predicted octanol–water partition coefficient (Wildman–Crippen LogP) is 0.771. The van der Waals surface area contributed by atoms with Crippen LogP contribution in [0, 0.1) is 18.3 Å². The number of aryl methyl sites for hydroxylation is 1. The second-order valence-electron chi connectivity index (χ2n) is 4.07. The van der Waals surface area contributed by atoms with Gasteiger partial charge in [0.05, 0.1) is 16.5 Å².